The second-order valence-corrected chi connectivity index (χ2v) is 9.80. The fourth-order valence-electron chi connectivity index (χ4n) is 3.41. The Hall–Kier alpha value is -3.34. The van der Waals surface area contributed by atoms with Crippen molar-refractivity contribution in [3.63, 3.8) is 0 Å². The normalized spacial score (nSPS) is 13.8. The van der Waals surface area contributed by atoms with E-state index in [0.29, 0.717) is 34.3 Å². The molecule has 2 aromatic carbocycles. The number of nitrogens with zero attached hydrogens (tertiary/aromatic N) is 3. The molecule has 2 heterocycles. The summed E-state index contributed by atoms with van der Waals surface area (Å²) < 4.78 is 31.2. The molecule has 2 N–H and O–H groups in total. The lowest BCUT2D eigenvalue weighted by Crippen LogP contribution is -2.11. The topological polar surface area (TPSA) is 117 Å². The van der Waals surface area contributed by atoms with Gasteiger partial charge in [0.1, 0.15) is 17.1 Å². The molecule has 1 aliphatic carbocycles. The summed E-state index contributed by atoms with van der Waals surface area (Å²) in [5, 5.41) is 12.3. The Labute approximate surface area is 188 Å². The summed E-state index contributed by atoms with van der Waals surface area (Å²) in [5.74, 6) is 1.30. The zero-order valence-electron chi connectivity index (χ0n) is 16.7. The molecule has 0 atom stereocenters. The summed E-state index contributed by atoms with van der Waals surface area (Å²) in [6.45, 7) is 0. The summed E-state index contributed by atoms with van der Waals surface area (Å²) in [6, 6.07) is 15.6. The van der Waals surface area contributed by atoms with E-state index < -0.39 is 10.0 Å². The molecule has 10 heteroatoms. The molecule has 1 saturated carbocycles. The average Bonchev–Trinajstić information content (AvgIpc) is 3.39. The predicted octanol–water partition coefficient (Wildman–Crippen LogP) is 4.13. The molecule has 2 aromatic heterocycles. The van der Waals surface area contributed by atoms with Crippen molar-refractivity contribution in [2.45, 2.75) is 23.7 Å². The van der Waals surface area contributed by atoms with Crippen molar-refractivity contribution in [3.05, 3.63) is 71.4 Å². The van der Waals surface area contributed by atoms with E-state index in [0.717, 1.165) is 24.1 Å². The summed E-state index contributed by atoms with van der Waals surface area (Å²) in [5.41, 5.74) is 2.75. The van der Waals surface area contributed by atoms with Crippen molar-refractivity contribution in [1.29, 1.82) is 0 Å². The number of hydrogen-bond donors (Lipinski definition) is 1. The van der Waals surface area contributed by atoms with E-state index in [9.17, 15) is 13.2 Å². The van der Waals surface area contributed by atoms with Gasteiger partial charge in [-0.1, -0.05) is 30.3 Å². The van der Waals surface area contributed by atoms with Crippen molar-refractivity contribution in [1.82, 2.24) is 14.8 Å². The minimum Gasteiger partial charge on any atom is -0.453 e. The number of sulfonamides is 1. The molecule has 1 aliphatic rings. The van der Waals surface area contributed by atoms with Crippen LogP contribution in [0.5, 0.6) is 11.5 Å². The van der Waals surface area contributed by atoms with Gasteiger partial charge in [0.2, 0.25) is 15.2 Å². The second-order valence-electron chi connectivity index (χ2n) is 7.41. The SMILES string of the molecule is NS(=O)(=O)c1ccc(Oc2c(-c3ccccc3)nn(-c3nc(C=O)cs3)c2C2CC2)cc1. The molecule has 162 valence electrons. The monoisotopic (exact) mass is 466 g/mol. The highest BCUT2D eigenvalue weighted by Crippen LogP contribution is 2.49. The molecule has 1 fully saturated rings. The number of primary sulfonamides is 1. The molecule has 0 unspecified atom stereocenters. The van der Waals surface area contributed by atoms with Gasteiger partial charge in [-0.2, -0.15) is 5.10 Å². The highest BCUT2D eigenvalue weighted by molar-refractivity contribution is 7.89. The number of ether oxygens (including phenoxy) is 1. The fourth-order valence-corrected chi connectivity index (χ4v) is 4.65. The molecule has 0 spiro atoms. The van der Waals surface area contributed by atoms with Gasteiger partial charge in [0.15, 0.2) is 12.0 Å². The van der Waals surface area contributed by atoms with E-state index in [1.807, 2.05) is 30.3 Å². The smallest absolute Gasteiger partial charge is 0.238 e. The molecule has 0 aliphatic heterocycles. The van der Waals surface area contributed by atoms with Crippen LogP contribution in [0.1, 0.15) is 34.9 Å². The van der Waals surface area contributed by atoms with Crippen LogP contribution >= 0.6 is 11.3 Å². The fraction of sp³-hybridized carbons (Fsp3) is 0.136. The van der Waals surface area contributed by atoms with Gasteiger partial charge in [-0.3, -0.25) is 4.79 Å². The number of thiazole rings is 1. The molecule has 0 amide bonds. The van der Waals surface area contributed by atoms with E-state index in [2.05, 4.69) is 4.98 Å². The van der Waals surface area contributed by atoms with Gasteiger partial charge >= 0.3 is 0 Å². The molecule has 0 bridgehead atoms. The Balaban J connectivity index is 1.65. The highest BCUT2D eigenvalue weighted by atomic mass is 32.2. The molecule has 5 rings (SSSR count). The zero-order valence-corrected chi connectivity index (χ0v) is 18.3. The average molecular weight is 467 g/mol. The Bertz CT molecular complexity index is 1390. The first kappa shape index (κ1) is 20.6. The Morgan fingerprint density at radius 2 is 1.81 bits per heavy atom. The lowest BCUT2D eigenvalue weighted by atomic mass is 10.1. The van der Waals surface area contributed by atoms with Gasteiger partial charge < -0.3 is 4.74 Å². The molecule has 4 aromatic rings. The van der Waals surface area contributed by atoms with Crippen LogP contribution in [-0.4, -0.2) is 29.5 Å². The molecule has 32 heavy (non-hydrogen) atoms. The van der Waals surface area contributed by atoms with Gasteiger partial charge in [0.25, 0.3) is 0 Å². The second kappa shape index (κ2) is 7.97. The van der Waals surface area contributed by atoms with Gasteiger partial charge in [-0.25, -0.2) is 23.2 Å². The standard InChI is InChI=1S/C22H18N4O4S2/c23-32(28,29)18-10-8-17(9-11-18)30-21-19(14-4-2-1-3-5-14)25-26(20(21)15-6-7-15)22-24-16(12-27)13-31-22/h1-5,8-13,15H,6-7H2,(H2,23,28,29). The molecule has 0 saturated heterocycles. The quantitative estimate of drug-likeness (QED) is 0.409. The summed E-state index contributed by atoms with van der Waals surface area (Å²) in [4.78, 5) is 15.5. The zero-order chi connectivity index (χ0) is 22.3. The third kappa shape index (κ3) is 3.95. The molecular weight excluding hydrogens is 448 g/mol. The molecular formula is C22H18N4O4S2. The van der Waals surface area contributed by atoms with E-state index in [-0.39, 0.29) is 10.8 Å². The number of carbonyl (C=O) groups excluding carboxylic acids is 1. The van der Waals surface area contributed by atoms with Gasteiger partial charge in [-0.15, -0.1) is 11.3 Å². The highest BCUT2D eigenvalue weighted by Gasteiger charge is 2.35. The minimum absolute atomic E-state index is 0.00965. The van der Waals surface area contributed by atoms with Crippen LogP contribution in [0.3, 0.4) is 0 Å². The van der Waals surface area contributed by atoms with Crippen LogP contribution in [0, 0.1) is 0 Å². The van der Waals surface area contributed by atoms with Crippen LogP contribution in [0.15, 0.2) is 64.9 Å². The Kier molecular flexibility index (Phi) is 5.12. The summed E-state index contributed by atoms with van der Waals surface area (Å²) in [7, 11) is -3.79. The Morgan fingerprint density at radius 1 is 1.09 bits per heavy atom. The van der Waals surface area contributed by atoms with Crippen LogP contribution in [-0.2, 0) is 10.0 Å². The number of benzene rings is 2. The van der Waals surface area contributed by atoms with Gasteiger partial charge in [0.05, 0.1) is 10.6 Å². The van der Waals surface area contributed by atoms with E-state index in [1.54, 1.807) is 22.2 Å². The maximum Gasteiger partial charge on any atom is 0.238 e. The van der Waals surface area contributed by atoms with Crippen molar-refractivity contribution in [3.8, 4) is 27.9 Å². The Morgan fingerprint density at radius 3 is 2.41 bits per heavy atom. The van der Waals surface area contributed by atoms with Crippen molar-refractivity contribution in [2.75, 3.05) is 0 Å². The lowest BCUT2D eigenvalue weighted by molar-refractivity contribution is 0.111. The number of nitrogens with two attached hydrogens (primary N) is 1. The maximum atomic E-state index is 11.6. The van der Waals surface area contributed by atoms with E-state index in [4.69, 9.17) is 15.0 Å². The first-order valence-corrected chi connectivity index (χ1v) is 12.3. The third-order valence-electron chi connectivity index (χ3n) is 5.07. The molecule has 0 radical (unpaired) electrons. The van der Waals surface area contributed by atoms with Crippen molar-refractivity contribution < 1.29 is 17.9 Å². The largest absolute Gasteiger partial charge is 0.453 e. The van der Waals surface area contributed by atoms with Crippen LogP contribution < -0.4 is 9.88 Å². The van der Waals surface area contributed by atoms with Crippen molar-refractivity contribution in [2.24, 2.45) is 5.14 Å². The van der Waals surface area contributed by atoms with E-state index in [1.165, 1.54) is 23.5 Å². The van der Waals surface area contributed by atoms with Crippen LogP contribution in [0.2, 0.25) is 0 Å². The number of rotatable bonds is 7. The number of hydrogen-bond acceptors (Lipinski definition) is 7. The number of aldehydes is 1. The van der Waals surface area contributed by atoms with E-state index >= 15 is 0 Å². The predicted molar refractivity (Wildman–Crippen MR) is 120 cm³/mol. The summed E-state index contributed by atoms with van der Waals surface area (Å²) >= 11 is 1.34. The number of carbonyl (C=O) groups is 1. The first-order valence-electron chi connectivity index (χ1n) is 9.84. The van der Waals surface area contributed by atoms with Crippen LogP contribution in [0.25, 0.3) is 16.4 Å². The summed E-state index contributed by atoms with van der Waals surface area (Å²) in [6.07, 6.45) is 2.70. The van der Waals surface area contributed by atoms with Gasteiger partial charge in [0, 0.05) is 16.9 Å². The van der Waals surface area contributed by atoms with Gasteiger partial charge in [-0.05, 0) is 37.1 Å². The number of aromatic nitrogens is 3. The minimum atomic E-state index is -3.79. The first-order chi connectivity index (χ1) is 15.4. The lowest BCUT2D eigenvalue weighted by Gasteiger charge is -2.10. The molecule has 8 nitrogen and oxygen atoms in total. The van der Waals surface area contributed by atoms with Crippen molar-refractivity contribution >= 4 is 27.6 Å². The van der Waals surface area contributed by atoms with Crippen LogP contribution in [0.4, 0.5) is 0 Å². The maximum absolute atomic E-state index is 11.6. The third-order valence-corrected chi connectivity index (χ3v) is 6.83.